The fraction of sp³-hybridized carbons (Fsp3) is 0.0357. The van der Waals surface area contributed by atoms with E-state index in [0.29, 0.717) is 0 Å². The van der Waals surface area contributed by atoms with E-state index in [1.165, 1.54) is 27.1 Å². The second kappa shape index (κ2) is 6.57. The Morgan fingerprint density at radius 3 is 1.83 bits per heavy atom. The first-order chi connectivity index (χ1) is 14.8. The van der Waals surface area contributed by atoms with E-state index in [2.05, 4.69) is 109 Å². The molecule has 0 aliphatic heterocycles. The Morgan fingerprint density at radius 2 is 1.13 bits per heavy atom. The van der Waals surface area contributed by atoms with E-state index in [9.17, 15) is 0 Å². The van der Waals surface area contributed by atoms with Crippen LogP contribution in [0.5, 0.6) is 0 Å². The van der Waals surface area contributed by atoms with E-state index in [0.717, 1.165) is 28.1 Å². The van der Waals surface area contributed by atoms with Gasteiger partial charge in [0.15, 0.2) is 0 Å². The molecule has 0 amide bonds. The molecular weight excluding hydrogens is 364 g/mol. The lowest BCUT2D eigenvalue weighted by molar-refractivity contribution is 1.10. The van der Waals surface area contributed by atoms with Crippen LogP contribution in [0.15, 0.2) is 103 Å². The molecule has 0 spiro atoms. The number of aryl methyl sites for hydroxylation is 1. The second-order valence-electron chi connectivity index (χ2n) is 7.76. The van der Waals surface area contributed by atoms with Crippen LogP contribution in [0, 0.1) is 6.92 Å². The van der Waals surface area contributed by atoms with Gasteiger partial charge in [0.1, 0.15) is 5.82 Å². The van der Waals surface area contributed by atoms with Gasteiger partial charge in [0.05, 0.1) is 11.0 Å². The number of imidazole rings is 1. The van der Waals surface area contributed by atoms with Crippen molar-refractivity contribution in [3.63, 3.8) is 0 Å². The Hall–Kier alpha value is -3.91. The van der Waals surface area contributed by atoms with Crippen LogP contribution < -0.4 is 0 Å². The predicted octanol–water partition coefficient (Wildman–Crippen LogP) is 7.31. The maximum Gasteiger partial charge on any atom is 0.145 e. The van der Waals surface area contributed by atoms with Gasteiger partial charge in [-0.2, -0.15) is 0 Å². The minimum atomic E-state index is 0.968. The highest BCUT2D eigenvalue weighted by Crippen LogP contribution is 2.38. The molecule has 0 N–H and O–H groups in total. The van der Waals surface area contributed by atoms with Gasteiger partial charge in [0, 0.05) is 22.0 Å². The van der Waals surface area contributed by atoms with Crippen molar-refractivity contribution in [3.8, 4) is 17.1 Å². The number of hydrogen-bond donors (Lipinski definition) is 0. The summed E-state index contributed by atoms with van der Waals surface area (Å²) in [6.07, 6.45) is 0. The smallest absolute Gasteiger partial charge is 0.145 e. The summed E-state index contributed by atoms with van der Waals surface area (Å²) in [6, 6.07) is 36.4. The summed E-state index contributed by atoms with van der Waals surface area (Å²) in [6.45, 7) is 2.12. The molecule has 0 fully saturated rings. The molecule has 0 aliphatic carbocycles. The Balaban J connectivity index is 1.87. The molecule has 1 heterocycles. The van der Waals surface area contributed by atoms with Crippen molar-refractivity contribution in [2.75, 3.05) is 0 Å². The zero-order chi connectivity index (χ0) is 20.1. The molecule has 6 rings (SSSR count). The summed E-state index contributed by atoms with van der Waals surface area (Å²) < 4.78 is 2.32. The van der Waals surface area contributed by atoms with Crippen molar-refractivity contribution in [2.24, 2.45) is 0 Å². The molecule has 0 aliphatic rings. The van der Waals surface area contributed by atoms with Crippen LogP contribution in [0.25, 0.3) is 49.7 Å². The Labute approximate surface area is 175 Å². The molecule has 0 radical (unpaired) electrons. The fourth-order valence-electron chi connectivity index (χ4n) is 4.43. The molecule has 2 nitrogen and oxygen atoms in total. The quantitative estimate of drug-likeness (QED) is 0.286. The van der Waals surface area contributed by atoms with Gasteiger partial charge in [-0.1, -0.05) is 96.6 Å². The molecule has 6 aromatic rings. The van der Waals surface area contributed by atoms with Gasteiger partial charge >= 0.3 is 0 Å². The molecule has 0 atom stereocenters. The highest BCUT2D eigenvalue weighted by molar-refractivity contribution is 6.24. The monoisotopic (exact) mass is 384 g/mol. The predicted molar refractivity (Wildman–Crippen MR) is 126 cm³/mol. The van der Waals surface area contributed by atoms with Gasteiger partial charge in [0.2, 0.25) is 0 Å². The normalized spacial score (nSPS) is 11.5. The van der Waals surface area contributed by atoms with Crippen molar-refractivity contribution in [2.45, 2.75) is 6.92 Å². The average Bonchev–Trinajstić information content (AvgIpc) is 3.21. The molecule has 30 heavy (non-hydrogen) atoms. The molecule has 2 heteroatoms. The van der Waals surface area contributed by atoms with Crippen molar-refractivity contribution in [1.29, 1.82) is 0 Å². The van der Waals surface area contributed by atoms with Gasteiger partial charge in [0.25, 0.3) is 0 Å². The van der Waals surface area contributed by atoms with Crippen LogP contribution >= 0.6 is 0 Å². The van der Waals surface area contributed by atoms with Gasteiger partial charge in [-0.05, 0) is 29.8 Å². The number of hydrogen-bond acceptors (Lipinski definition) is 1. The lowest BCUT2D eigenvalue weighted by atomic mass is 10.00. The third-order valence-electron chi connectivity index (χ3n) is 5.86. The molecular formula is C28H20N2. The maximum absolute atomic E-state index is 5.22. The first kappa shape index (κ1) is 17.0. The Bertz CT molecular complexity index is 1520. The third kappa shape index (κ3) is 2.47. The summed E-state index contributed by atoms with van der Waals surface area (Å²) in [5.41, 5.74) is 5.69. The highest BCUT2D eigenvalue weighted by Gasteiger charge is 2.19. The summed E-state index contributed by atoms with van der Waals surface area (Å²) >= 11 is 0. The van der Waals surface area contributed by atoms with Crippen molar-refractivity contribution in [3.05, 3.63) is 109 Å². The minimum Gasteiger partial charge on any atom is -0.292 e. The van der Waals surface area contributed by atoms with Crippen LogP contribution in [0.2, 0.25) is 0 Å². The zero-order valence-corrected chi connectivity index (χ0v) is 16.7. The van der Waals surface area contributed by atoms with E-state index < -0.39 is 0 Å². The van der Waals surface area contributed by atoms with E-state index in [-0.39, 0.29) is 0 Å². The van der Waals surface area contributed by atoms with E-state index in [1.54, 1.807) is 0 Å². The topological polar surface area (TPSA) is 17.8 Å². The average molecular weight is 384 g/mol. The van der Waals surface area contributed by atoms with Crippen molar-refractivity contribution < 1.29 is 0 Å². The van der Waals surface area contributed by atoms with Gasteiger partial charge in [-0.3, -0.25) is 4.57 Å². The number of benzene rings is 5. The number of fused-ring (bicyclic) bond motifs is 6. The summed E-state index contributed by atoms with van der Waals surface area (Å²) in [4.78, 5) is 5.22. The molecule has 1 aromatic heterocycles. The maximum atomic E-state index is 5.22. The van der Waals surface area contributed by atoms with Gasteiger partial charge in [-0.25, -0.2) is 4.98 Å². The Kier molecular flexibility index (Phi) is 3.72. The van der Waals surface area contributed by atoms with E-state index in [1.807, 2.05) is 6.07 Å². The lowest BCUT2D eigenvalue weighted by Gasteiger charge is -2.12. The second-order valence-corrected chi connectivity index (χ2v) is 7.76. The van der Waals surface area contributed by atoms with Gasteiger partial charge < -0.3 is 0 Å². The van der Waals surface area contributed by atoms with Crippen LogP contribution in [-0.2, 0) is 0 Å². The zero-order valence-electron chi connectivity index (χ0n) is 16.7. The first-order valence-electron chi connectivity index (χ1n) is 10.3. The SMILES string of the molecule is Cc1ccc(-n2c(-c3ccccc3)nc3c4ccccc4c4ccccc4c32)cc1. The lowest BCUT2D eigenvalue weighted by Crippen LogP contribution is -1.98. The molecule has 5 aromatic carbocycles. The summed E-state index contributed by atoms with van der Waals surface area (Å²) in [7, 11) is 0. The molecule has 0 bridgehead atoms. The fourth-order valence-corrected chi connectivity index (χ4v) is 4.43. The standard InChI is InChI=1S/C28H20N2/c1-19-15-17-21(18-16-19)30-27-25-14-8-6-12-23(25)22-11-5-7-13-24(22)26(27)29-28(30)20-9-3-2-4-10-20/h2-18H,1H3. The number of nitrogens with zero attached hydrogens (tertiary/aromatic N) is 2. The molecule has 0 unspecified atom stereocenters. The largest absolute Gasteiger partial charge is 0.292 e. The number of aromatic nitrogens is 2. The first-order valence-corrected chi connectivity index (χ1v) is 10.3. The number of rotatable bonds is 2. The summed E-state index contributed by atoms with van der Waals surface area (Å²) in [5.74, 6) is 0.968. The highest BCUT2D eigenvalue weighted by atomic mass is 15.1. The van der Waals surface area contributed by atoms with Crippen LogP contribution in [0.1, 0.15) is 5.56 Å². The molecule has 142 valence electrons. The van der Waals surface area contributed by atoms with Crippen LogP contribution in [-0.4, -0.2) is 9.55 Å². The van der Waals surface area contributed by atoms with Gasteiger partial charge in [-0.15, -0.1) is 0 Å². The van der Waals surface area contributed by atoms with Crippen LogP contribution in [0.3, 0.4) is 0 Å². The van der Waals surface area contributed by atoms with Crippen molar-refractivity contribution >= 4 is 32.6 Å². The van der Waals surface area contributed by atoms with Crippen molar-refractivity contribution in [1.82, 2.24) is 9.55 Å². The molecule has 0 saturated heterocycles. The third-order valence-corrected chi connectivity index (χ3v) is 5.86. The Morgan fingerprint density at radius 1 is 0.567 bits per heavy atom. The summed E-state index contributed by atoms with van der Waals surface area (Å²) in [5, 5.41) is 4.91. The van der Waals surface area contributed by atoms with E-state index in [4.69, 9.17) is 4.98 Å². The minimum absolute atomic E-state index is 0.968. The van der Waals surface area contributed by atoms with Crippen LogP contribution in [0.4, 0.5) is 0 Å². The van der Waals surface area contributed by atoms with E-state index >= 15 is 0 Å². The molecule has 0 saturated carbocycles.